The van der Waals surface area contributed by atoms with Gasteiger partial charge in [-0.15, -0.1) is 0 Å². The van der Waals surface area contributed by atoms with Gasteiger partial charge in [0.25, 0.3) is 0 Å². The third kappa shape index (κ3) is 33.4. The van der Waals surface area contributed by atoms with E-state index < -0.39 is 5.97 Å². The van der Waals surface area contributed by atoms with Crippen molar-refractivity contribution in [2.24, 2.45) is 5.92 Å². The zero-order valence-electron chi connectivity index (χ0n) is 27.1. The average molecular weight is 670 g/mol. The van der Waals surface area contributed by atoms with Gasteiger partial charge in [-0.2, -0.15) is 11.8 Å². The standard InChI is InChI=1S/C30H55NO13S/c1-4-29(33)43-8-7-31-28(32)6-5-25-45-26-27(2)30(34)44-24-23-42-22-21-41-20-19-40-18-17-39-16-15-38-14-13-37-12-11-36-10-9-35-3/h4,27H,1,5-26H2,2-3H3,(H,31,32). The van der Waals surface area contributed by atoms with Crippen molar-refractivity contribution in [3.8, 4) is 0 Å². The van der Waals surface area contributed by atoms with Crippen LogP contribution in [0.3, 0.4) is 0 Å². The molecule has 0 spiro atoms. The summed E-state index contributed by atoms with van der Waals surface area (Å²) in [6.07, 6.45) is 2.12. The van der Waals surface area contributed by atoms with Crippen molar-refractivity contribution in [1.82, 2.24) is 5.32 Å². The van der Waals surface area contributed by atoms with E-state index in [9.17, 15) is 14.4 Å². The van der Waals surface area contributed by atoms with Gasteiger partial charge in [0.2, 0.25) is 5.91 Å². The highest BCUT2D eigenvalue weighted by molar-refractivity contribution is 7.99. The second kappa shape index (κ2) is 35.0. The number of ether oxygens (including phenoxy) is 10. The summed E-state index contributed by atoms with van der Waals surface area (Å²) >= 11 is 1.60. The molecule has 0 aromatic rings. The summed E-state index contributed by atoms with van der Waals surface area (Å²) in [5.74, 6) is 0.210. The van der Waals surface area contributed by atoms with Crippen LogP contribution in [0.1, 0.15) is 19.8 Å². The van der Waals surface area contributed by atoms with Gasteiger partial charge < -0.3 is 52.7 Å². The number of amides is 1. The predicted octanol–water partition coefficient (Wildman–Crippen LogP) is 1.29. The van der Waals surface area contributed by atoms with Gasteiger partial charge >= 0.3 is 11.9 Å². The van der Waals surface area contributed by atoms with Crippen molar-refractivity contribution in [2.75, 3.05) is 137 Å². The van der Waals surface area contributed by atoms with Gasteiger partial charge in [-0.05, 0) is 12.2 Å². The summed E-state index contributed by atoms with van der Waals surface area (Å²) in [5.41, 5.74) is 0. The van der Waals surface area contributed by atoms with Crippen molar-refractivity contribution < 1.29 is 61.8 Å². The van der Waals surface area contributed by atoms with Gasteiger partial charge in [0.1, 0.15) is 13.2 Å². The van der Waals surface area contributed by atoms with E-state index in [-0.39, 0.29) is 37.6 Å². The highest BCUT2D eigenvalue weighted by Crippen LogP contribution is 2.12. The first-order valence-corrected chi connectivity index (χ1v) is 16.5. The van der Waals surface area contributed by atoms with Crippen LogP contribution >= 0.6 is 11.8 Å². The Morgan fingerprint density at radius 1 is 0.667 bits per heavy atom. The van der Waals surface area contributed by atoms with Crippen molar-refractivity contribution >= 4 is 29.6 Å². The number of hydrogen-bond acceptors (Lipinski definition) is 14. The minimum Gasteiger partial charge on any atom is -0.463 e. The first kappa shape index (κ1) is 43.2. The van der Waals surface area contributed by atoms with E-state index in [1.807, 2.05) is 6.92 Å². The SMILES string of the molecule is C=CC(=O)OCCNC(=O)CCCSCC(C)C(=O)OCCOCCOCCOCCOCCOCCOCCOCCOC. The highest BCUT2D eigenvalue weighted by Gasteiger charge is 2.14. The maximum absolute atomic E-state index is 12.1. The van der Waals surface area contributed by atoms with E-state index >= 15 is 0 Å². The molecule has 0 aliphatic heterocycles. The monoisotopic (exact) mass is 669 g/mol. The summed E-state index contributed by atoms with van der Waals surface area (Å²) in [6, 6.07) is 0. The number of methoxy groups -OCH3 is 1. The first-order valence-electron chi connectivity index (χ1n) is 15.3. The van der Waals surface area contributed by atoms with Gasteiger partial charge in [0.15, 0.2) is 0 Å². The van der Waals surface area contributed by atoms with Crippen LogP contribution < -0.4 is 5.32 Å². The Morgan fingerprint density at radius 3 is 1.56 bits per heavy atom. The molecule has 1 N–H and O–H groups in total. The molecule has 0 aliphatic carbocycles. The van der Waals surface area contributed by atoms with Gasteiger partial charge in [-0.3, -0.25) is 9.59 Å². The zero-order valence-corrected chi connectivity index (χ0v) is 28.0. The van der Waals surface area contributed by atoms with E-state index in [4.69, 9.17) is 47.4 Å². The predicted molar refractivity (Wildman–Crippen MR) is 168 cm³/mol. The van der Waals surface area contributed by atoms with Crippen molar-refractivity contribution in [1.29, 1.82) is 0 Å². The van der Waals surface area contributed by atoms with Crippen molar-refractivity contribution in [3.05, 3.63) is 12.7 Å². The lowest BCUT2D eigenvalue weighted by molar-refractivity contribution is -0.148. The van der Waals surface area contributed by atoms with Crippen molar-refractivity contribution in [2.45, 2.75) is 19.8 Å². The Labute approximate surface area is 272 Å². The van der Waals surface area contributed by atoms with Crippen LogP contribution in [0.4, 0.5) is 0 Å². The molecule has 0 heterocycles. The Morgan fingerprint density at radius 2 is 1.11 bits per heavy atom. The summed E-state index contributed by atoms with van der Waals surface area (Å²) in [5, 5.41) is 2.68. The molecule has 45 heavy (non-hydrogen) atoms. The van der Waals surface area contributed by atoms with Gasteiger partial charge in [0.05, 0.1) is 112 Å². The minimum absolute atomic E-state index is 0.106. The third-order valence-corrected chi connectivity index (χ3v) is 6.75. The largest absolute Gasteiger partial charge is 0.463 e. The lowest BCUT2D eigenvalue weighted by atomic mass is 10.2. The second-order valence-electron chi connectivity index (χ2n) is 9.25. The van der Waals surface area contributed by atoms with E-state index in [2.05, 4.69) is 11.9 Å². The van der Waals surface area contributed by atoms with E-state index in [0.29, 0.717) is 118 Å². The van der Waals surface area contributed by atoms with Gasteiger partial charge in [0, 0.05) is 25.4 Å². The van der Waals surface area contributed by atoms with Crippen LogP contribution in [0.2, 0.25) is 0 Å². The summed E-state index contributed by atoms with van der Waals surface area (Å²) in [7, 11) is 1.64. The molecule has 1 amide bonds. The number of carbonyl (C=O) groups is 3. The molecule has 0 radical (unpaired) electrons. The Kier molecular flexibility index (Phi) is 33.6. The molecule has 1 unspecified atom stereocenters. The Bertz CT molecular complexity index is 717. The van der Waals surface area contributed by atoms with Crippen LogP contribution in [0, 0.1) is 5.92 Å². The lowest BCUT2D eigenvalue weighted by Gasteiger charge is -2.12. The Balaban J connectivity index is 3.32. The maximum Gasteiger partial charge on any atom is 0.330 e. The number of esters is 2. The molecule has 0 aliphatic rings. The summed E-state index contributed by atoms with van der Waals surface area (Å²) in [4.78, 5) is 34.7. The van der Waals surface area contributed by atoms with E-state index in [0.717, 1.165) is 11.8 Å². The fourth-order valence-electron chi connectivity index (χ4n) is 3.06. The zero-order chi connectivity index (χ0) is 33.1. The van der Waals surface area contributed by atoms with Crippen LogP contribution in [0.15, 0.2) is 12.7 Å². The smallest absolute Gasteiger partial charge is 0.330 e. The van der Waals surface area contributed by atoms with Crippen molar-refractivity contribution in [3.63, 3.8) is 0 Å². The number of thioether (sulfide) groups is 1. The quantitative estimate of drug-likeness (QED) is 0.0585. The number of hydrogen-bond donors (Lipinski definition) is 1. The summed E-state index contributed by atoms with van der Waals surface area (Å²) < 4.78 is 52.8. The summed E-state index contributed by atoms with van der Waals surface area (Å²) in [6.45, 7) is 12.9. The molecule has 0 bridgehead atoms. The molecule has 0 aromatic heterocycles. The molecule has 0 fully saturated rings. The normalized spacial score (nSPS) is 11.7. The highest BCUT2D eigenvalue weighted by atomic mass is 32.2. The molecule has 0 rings (SSSR count). The van der Waals surface area contributed by atoms with Crippen LogP contribution in [0.5, 0.6) is 0 Å². The number of rotatable bonds is 35. The second-order valence-corrected chi connectivity index (χ2v) is 10.4. The average Bonchev–Trinajstić information content (AvgIpc) is 3.04. The molecular weight excluding hydrogens is 614 g/mol. The molecule has 1 atom stereocenters. The van der Waals surface area contributed by atoms with Gasteiger partial charge in [-0.25, -0.2) is 4.79 Å². The van der Waals surface area contributed by atoms with Crippen LogP contribution in [0.25, 0.3) is 0 Å². The van der Waals surface area contributed by atoms with Crippen LogP contribution in [-0.2, 0) is 61.8 Å². The number of carbonyl (C=O) groups excluding carboxylic acids is 3. The molecule has 0 saturated carbocycles. The number of nitrogens with one attached hydrogen (secondary N) is 1. The molecule has 0 aromatic carbocycles. The van der Waals surface area contributed by atoms with E-state index in [1.165, 1.54) is 0 Å². The molecule has 15 heteroatoms. The van der Waals surface area contributed by atoms with E-state index in [1.54, 1.807) is 18.9 Å². The van der Waals surface area contributed by atoms with Crippen LogP contribution in [-0.4, -0.2) is 155 Å². The molecule has 264 valence electrons. The fourth-order valence-corrected chi connectivity index (χ4v) is 4.06. The minimum atomic E-state index is -0.517. The molecule has 0 saturated heterocycles. The lowest BCUT2D eigenvalue weighted by Crippen LogP contribution is -2.27. The fraction of sp³-hybridized carbons (Fsp3) is 0.833. The Hall–Kier alpha value is -1.82. The van der Waals surface area contributed by atoms with Gasteiger partial charge in [-0.1, -0.05) is 13.5 Å². The first-order chi connectivity index (χ1) is 22.0. The molecule has 14 nitrogen and oxygen atoms in total. The third-order valence-electron chi connectivity index (χ3n) is 5.43. The molecular formula is C30H55NO13S. The topological polar surface area (TPSA) is 156 Å². The maximum atomic E-state index is 12.1.